The minimum Gasteiger partial charge on any atom is -0.497 e. The topological polar surface area (TPSA) is 76.2 Å². The molecule has 2 unspecified atom stereocenters. The van der Waals surface area contributed by atoms with Crippen molar-refractivity contribution >= 4 is 17.7 Å². The van der Waals surface area contributed by atoms with Gasteiger partial charge in [-0.1, -0.05) is 12.1 Å². The van der Waals surface area contributed by atoms with Gasteiger partial charge in [0.2, 0.25) is 17.7 Å². The number of nitrogens with zero attached hydrogens (tertiary/aromatic N) is 2. The van der Waals surface area contributed by atoms with E-state index in [1.807, 2.05) is 12.1 Å². The molecule has 2 atom stereocenters. The third-order valence-electron chi connectivity index (χ3n) is 6.42. The number of likely N-dealkylation sites (tertiary alicyclic amines) is 2. The van der Waals surface area contributed by atoms with E-state index in [9.17, 15) is 14.4 Å². The Labute approximate surface area is 170 Å². The molecule has 3 aliphatic rings. The lowest BCUT2D eigenvalue weighted by Crippen LogP contribution is -2.47. The molecule has 4 rings (SSSR count). The Hall–Kier alpha value is -2.41. The zero-order chi connectivity index (χ0) is 20.6. The Morgan fingerprint density at radius 2 is 1.86 bits per heavy atom. The predicted molar refractivity (Wildman–Crippen MR) is 105 cm³/mol. The number of ether oxygens (including phenoxy) is 2. The Kier molecular flexibility index (Phi) is 5.34. The van der Waals surface area contributed by atoms with Crippen molar-refractivity contribution < 1.29 is 23.9 Å². The molecule has 1 aromatic rings. The Bertz CT molecular complexity index is 804. The normalized spacial score (nSPS) is 27.4. The lowest BCUT2D eigenvalue weighted by molar-refractivity contribution is -0.144. The molecule has 2 heterocycles. The molecule has 3 amide bonds. The number of methoxy groups -OCH3 is 2. The highest BCUT2D eigenvalue weighted by Gasteiger charge is 2.57. The van der Waals surface area contributed by atoms with Crippen LogP contribution in [0.3, 0.4) is 0 Å². The molecule has 7 heteroatoms. The largest absolute Gasteiger partial charge is 0.497 e. The average molecular weight is 400 g/mol. The first-order valence-electron chi connectivity index (χ1n) is 10.3. The number of carbonyl (C=O) groups is 3. The fourth-order valence-corrected chi connectivity index (χ4v) is 4.57. The molecule has 1 aromatic carbocycles. The van der Waals surface area contributed by atoms with E-state index >= 15 is 0 Å². The molecule has 3 fully saturated rings. The van der Waals surface area contributed by atoms with E-state index in [2.05, 4.69) is 0 Å². The fraction of sp³-hybridized carbons (Fsp3) is 0.591. The Balaban J connectivity index is 1.64. The van der Waals surface area contributed by atoms with Crippen LogP contribution in [0.5, 0.6) is 5.75 Å². The predicted octanol–water partition coefficient (Wildman–Crippen LogP) is 1.88. The first kappa shape index (κ1) is 19.9. The van der Waals surface area contributed by atoms with Crippen LogP contribution in [0.25, 0.3) is 0 Å². The summed E-state index contributed by atoms with van der Waals surface area (Å²) < 4.78 is 10.7. The first-order chi connectivity index (χ1) is 14.0. The standard InChI is InChI=1S/C22H28N2O5/c1-28-17-9-5-15(6-10-17)22(13-20(26)24(21(22)27)16-7-8-16)12-19(25)23-11-3-4-18(14-23)29-2/h5-6,9-10,16,18H,3-4,7-8,11-14H2,1-2H3. The monoisotopic (exact) mass is 400 g/mol. The summed E-state index contributed by atoms with van der Waals surface area (Å²) in [6, 6.07) is 7.17. The van der Waals surface area contributed by atoms with E-state index in [1.165, 1.54) is 4.90 Å². The van der Waals surface area contributed by atoms with Crippen LogP contribution >= 0.6 is 0 Å². The van der Waals surface area contributed by atoms with Crippen molar-refractivity contribution in [3.05, 3.63) is 29.8 Å². The quantitative estimate of drug-likeness (QED) is 0.682. The van der Waals surface area contributed by atoms with Crippen LogP contribution in [0, 0.1) is 0 Å². The second kappa shape index (κ2) is 7.78. The molecule has 0 N–H and O–H groups in total. The van der Waals surface area contributed by atoms with Crippen LogP contribution in [0.15, 0.2) is 24.3 Å². The molecule has 0 bridgehead atoms. The maximum Gasteiger partial charge on any atom is 0.241 e. The van der Waals surface area contributed by atoms with E-state index in [4.69, 9.17) is 9.47 Å². The van der Waals surface area contributed by atoms with Gasteiger partial charge in [0.05, 0.1) is 18.6 Å². The van der Waals surface area contributed by atoms with Crippen molar-refractivity contribution in [2.24, 2.45) is 0 Å². The van der Waals surface area contributed by atoms with Crippen LogP contribution in [0.1, 0.15) is 44.1 Å². The van der Waals surface area contributed by atoms with Gasteiger partial charge in [-0.25, -0.2) is 0 Å². The number of hydrogen-bond donors (Lipinski definition) is 0. The van der Waals surface area contributed by atoms with Crippen molar-refractivity contribution in [3.63, 3.8) is 0 Å². The summed E-state index contributed by atoms with van der Waals surface area (Å²) >= 11 is 0. The Morgan fingerprint density at radius 3 is 2.48 bits per heavy atom. The van der Waals surface area contributed by atoms with Gasteiger partial charge in [-0.05, 0) is 43.4 Å². The van der Waals surface area contributed by atoms with Crippen molar-refractivity contribution in [3.8, 4) is 5.75 Å². The summed E-state index contributed by atoms with van der Waals surface area (Å²) in [7, 11) is 3.24. The second-order valence-corrected chi connectivity index (χ2v) is 8.30. The molecule has 2 saturated heterocycles. The molecular formula is C22H28N2O5. The van der Waals surface area contributed by atoms with Crippen LogP contribution < -0.4 is 4.74 Å². The lowest BCUT2D eigenvalue weighted by Gasteiger charge is -2.35. The van der Waals surface area contributed by atoms with Gasteiger partial charge in [0.15, 0.2) is 0 Å². The molecule has 29 heavy (non-hydrogen) atoms. The number of piperidine rings is 1. The summed E-state index contributed by atoms with van der Waals surface area (Å²) in [5.41, 5.74) is -0.434. The Morgan fingerprint density at radius 1 is 1.14 bits per heavy atom. The summed E-state index contributed by atoms with van der Waals surface area (Å²) in [5, 5.41) is 0. The fourth-order valence-electron chi connectivity index (χ4n) is 4.57. The van der Waals surface area contributed by atoms with E-state index in [0.717, 1.165) is 25.7 Å². The van der Waals surface area contributed by atoms with Gasteiger partial charge in [0.25, 0.3) is 0 Å². The van der Waals surface area contributed by atoms with Crippen LogP contribution in [-0.2, 0) is 24.5 Å². The minimum atomic E-state index is -1.14. The summed E-state index contributed by atoms with van der Waals surface area (Å²) in [5.74, 6) is 0.171. The maximum atomic E-state index is 13.5. The number of benzene rings is 1. The minimum absolute atomic E-state index is 0.00177. The first-order valence-corrected chi connectivity index (χ1v) is 10.3. The number of hydrogen-bond acceptors (Lipinski definition) is 5. The van der Waals surface area contributed by atoms with Crippen molar-refractivity contribution in [1.29, 1.82) is 0 Å². The van der Waals surface area contributed by atoms with Crippen molar-refractivity contribution in [2.45, 2.75) is 56.1 Å². The highest BCUT2D eigenvalue weighted by molar-refractivity contribution is 6.11. The number of rotatable bonds is 6. The van der Waals surface area contributed by atoms with E-state index in [1.54, 1.807) is 31.3 Å². The number of amides is 3. The molecule has 1 aliphatic carbocycles. The van der Waals surface area contributed by atoms with Crippen LogP contribution in [0.2, 0.25) is 0 Å². The summed E-state index contributed by atoms with van der Waals surface area (Å²) in [6.07, 6.45) is 3.58. The highest BCUT2D eigenvalue weighted by Crippen LogP contribution is 2.44. The smallest absolute Gasteiger partial charge is 0.241 e. The number of imide groups is 1. The molecule has 0 radical (unpaired) electrons. The van der Waals surface area contributed by atoms with Crippen LogP contribution in [-0.4, -0.2) is 67.0 Å². The third-order valence-corrected chi connectivity index (χ3v) is 6.42. The average Bonchev–Trinajstić information content (AvgIpc) is 3.54. The van der Waals surface area contributed by atoms with Gasteiger partial charge in [0.1, 0.15) is 5.75 Å². The lowest BCUT2D eigenvalue weighted by atomic mass is 9.75. The number of carbonyl (C=O) groups excluding carboxylic acids is 3. The van der Waals surface area contributed by atoms with E-state index in [0.29, 0.717) is 24.4 Å². The molecule has 1 saturated carbocycles. The van der Waals surface area contributed by atoms with E-state index in [-0.39, 0.29) is 42.7 Å². The van der Waals surface area contributed by atoms with Gasteiger partial charge in [-0.15, -0.1) is 0 Å². The second-order valence-electron chi connectivity index (χ2n) is 8.30. The maximum absolute atomic E-state index is 13.5. The van der Waals surface area contributed by atoms with Gasteiger partial charge in [-0.2, -0.15) is 0 Å². The van der Waals surface area contributed by atoms with E-state index < -0.39 is 5.41 Å². The SMILES string of the molecule is COc1ccc(C2(CC(=O)N3CCCC(OC)C3)CC(=O)N(C3CC3)C2=O)cc1. The zero-order valence-corrected chi connectivity index (χ0v) is 17.1. The zero-order valence-electron chi connectivity index (χ0n) is 17.1. The van der Waals surface area contributed by atoms with Crippen LogP contribution in [0.4, 0.5) is 0 Å². The van der Waals surface area contributed by atoms with Gasteiger partial charge in [-0.3, -0.25) is 19.3 Å². The van der Waals surface area contributed by atoms with Gasteiger partial charge < -0.3 is 14.4 Å². The molecule has 7 nitrogen and oxygen atoms in total. The molecular weight excluding hydrogens is 372 g/mol. The summed E-state index contributed by atoms with van der Waals surface area (Å²) in [4.78, 5) is 42.7. The van der Waals surface area contributed by atoms with Crippen molar-refractivity contribution in [2.75, 3.05) is 27.3 Å². The molecule has 156 valence electrons. The van der Waals surface area contributed by atoms with Gasteiger partial charge >= 0.3 is 0 Å². The molecule has 2 aliphatic heterocycles. The highest BCUT2D eigenvalue weighted by atomic mass is 16.5. The molecule has 0 spiro atoms. The molecule has 0 aromatic heterocycles. The van der Waals surface area contributed by atoms with Crippen molar-refractivity contribution in [1.82, 2.24) is 9.80 Å². The third kappa shape index (κ3) is 3.64. The van der Waals surface area contributed by atoms with Gasteiger partial charge in [0, 0.05) is 39.1 Å². The summed E-state index contributed by atoms with van der Waals surface area (Å²) in [6.45, 7) is 1.19.